The Labute approximate surface area is 183 Å². The number of urea groups is 1. The van der Waals surface area contributed by atoms with Crippen LogP contribution in [0.3, 0.4) is 0 Å². The number of aromatic nitrogens is 1. The number of benzene rings is 2. The Kier molecular flexibility index (Phi) is 5.19. The highest BCUT2D eigenvalue weighted by atomic mass is 16.4. The molecule has 0 spiro atoms. The second-order valence-electron chi connectivity index (χ2n) is 7.38. The summed E-state index contributed by atoms with van der Waals surface area (Å²) in [6.07, 6.45) is 3.07. The van der Waals surface area contributed by atoms with Crippen LogP contribution in [0.25, 0.3) is 11.8 Å². The molecule has 0 unspecified atom stereocenters. The van der Waals surface area contributed by atoms with E-state index in [1.807, 2.05) is 13.8 Å². The molecule has 32 heavy (non-hydrogen) atoms. The third-order valence-corrected chi connectivity index (χ3v) is 5.29. The van der Waals surface area contributed by atoms with Gasteiger partial charge in [-0.2, -0.15) is 0 Å². The van der Waals surface area contributed by atoms with E-state index in [0.29, 0.717) is 17.1 Å². The summed E-state index contributed by atoms with van der Waals surface area (Å²) < 4.78 is 1.65. The molecule has 2 aromatic carbocycles. The van der Waals surface area contributed by atoms with Gasteiger partial charge < -0.3 is 9.67 Å². The molecule has 1 fully saturated rings. The molecular formula is C24H19N3O5. The molecule has 0 radical (unpaired) electrons. The van der Waals surface area contributed by atoms with Gasteiger partial charge in [-0.05, 0) is 73.5 Å². The van der Waals surface area contributed by atoms with Crippen LogP contribution in [0.4, 0.5) is 10.5 Å². The Bertz CT molecular complexity index is 1320. The fourth-order valence-electron chi connectivity index (χ4n) is 3.44. The molecule has 0 aliphatic carbocycles. The fraction of sp³-hybridized carbons (Fsp3) is 0.0833. The Balaban J connectivity index is 1.75. The van der Waals surface area contributed by atoms with Crippen molar-refractivity contribution in [2.24, 2.45) is 0 Å². The molecule has 4 rings (SSSR count). The van der Waals surface area contributed by atoms with Gasteiger partial charge >= 0.3 is 12.0 Å². The summed E-state index contributed by atoms with van der Waals surface area (Å²) in [6, 6.07) is 14.0. The second kappa shape index (κ2) is 7.99. The van der Waals surface area contributed by atoms with Crippen molar-refractivity contribution in [3.05, 3.63) is 88.8 Å². The Morgan fingerprint density at radius 1 is 0.938 bits per heavy atom. The molecule has 1 saturated heterocycles. The van der Waals surface area contributed by atoms with Crippen molar-refractivity contribution in [2.75, 3.05) is 4.90 Å². The maximum atomic E-state index is 13.1. The number of aromatic carboxylic acids is 1. The molecule has 160 valence electrons. The molecule has 1 aliphatic heterocycles. The van der Waals surface area contributed by atoms with Crippen LogP contribution in [-0.2, 0) is 9.59 Å². The van der Waals surface area contributed by atoms with Gasteiger partial charge in [-0.15, -0.1) is 0 Å². The first-order valence-corrected chi connectivity index (χ1v) is 9.76. The molecule has 2 N–H and O–H groups in total. The van der Waals surface area contributed by atoms with E-state index in [1.165, 1.54) is 18.2 Å². The smallest absolute Gasteiger partial charge is 0.335 e. The molecule has 1 aliphatic rings. The second-order valence-corrected chi connectivity index (χ2v) is 7.38. The molecule has 0 atom stereocenters. The van der Waals surface area contributed by atoms with Crippen molar-refractivity contribution in [1.82, 2.24) is 9.88 Å². The number of nitrogens with zero attached hydrogens (tertiary/aromatic N) is 2. The highest BCUT2D eigenvalue weighted by Gasteiger charge is 2.37. The Morgan fingerprint density at radius 2 is 1.72 bits per heavy atom. The Morgan fingerprint density at radius 3 is 2.44 bits per heavy atom. The summed E-state index contributed by atoms with van der Waals surface area (Å²) in [5, 5.41) is 11.5. The molecule has 3 aromatic rings. The first-order chi connectivity index (χ1) is 15.3. The largest absolute Gasteiger partial charge is 0.478 e. The van der Waals surface area contributed by atoms with Gasteiger partial charge in [-0.3, -0.25) is 14.9 Å². The summed E-state index contributed by atoms with van der Waals surface area (Å²) in [7, 11) is 0. The minimum absolute atomic E-state index is 0.104. The van der Waals surface area contributed by atoms with E-state index in [0.717, 1.165) is 16.0 Å². The van der Waals surface area contributed by atoms with Gasteiger partial charge in [0.05, 0.1) is 11.3 Å². The lowest BCUT2D eigenvalue weighted by molar-refractivity contribution is -0.122. The van der Waals surface area contributed by atoms with Crippen molar-refractivity contribution < 1.29 is 24.3 Å². The highest BCUT2D eigenvalue weighted by Crippen LogP contribution is 2.25. The number of carbonyl (C=O) groups excluding carboxylic acids is 3. The van der Waals surface area contributed by atoms with Gasteiger partial charge in [0, 0.05) is 17.6 Å². The number of hydrogen-bond donors (Lipinski definition) is 2. The lowest BCUT2D eigenvalue weighted by Gasteiger charge is -2.27. The molecule has 4 amide bonds. The first kappa shape index (κ1) is 20.8. The van der Waals surface area contributed by atoms with Crippen LogP contribution in [0.15, 0.2) is 66.4 Å². The van der Waals surface area contributed by atoms with E-state index >= 15 is 0 Å². The maximum Gasteiger partial charge on any atom is 0.335 e. The van der Waals surface area contributed by atoms with Crippen LogP contribution in [0.1, 0.15) is 27.2 Å². The van der Waals surface area contributed by atoms with Crippen molar-refractivity contribution >= 4 is 35.6 Å². The zero-order valence-electron chi connectivity index (χ0n) is 17.3. The lowest BCUT2D eigenvalue weighted by atomic mass is 10.1. The van der Waals surface area contributed by atoms with Gasteiger partial charge in [0.2, 0.25) is 0 Å². The zero-order valence-corrected chi connectivity index (χ0v) is 17.3. The average Bonchev–Trinajstić information content (AvgIpc) is 3.22. The van der Waals surface area contributed by atoms with Gasteiger partial charge in [-0.25, -0.2) is 14.5 Å². The minimum atomic E-state index is -1.07. The SMILES string of the molecule is Cc1ccc(N2C(=O)NC(=O)/C(=C\c3cccn3-c3cccc(C(=O)O)c3)C2=O)cc1C. The van der Waals surface area contributed by atoms with Crippen LogP contribution in [0.2, 0.25) is 0 Å². The van der Waals surface area contributed by atoms with Crippen LogP contribution in [0.5, 0.6) is 0 Å². The Hall–Kier alpha value is -4.46. The molecule has 0 bridgehead atoms. The van der Waals surface area contributed by atoms with Gasteiger partial charge in [0.25, 0.3) is 11.8 Å². The van der Waals surface area contributed by atoms with Crippen molar-refractivity contribution in [2.45, 2.75) is 13.8 Å². The normalized spacial score (nSPS) is 15.2. The van der Waals surface area contributed by atoms with E-state index in [9.17, 15) is 24.3 Å². The molecule has 2 heterocycles. The van der Waals surface area contributed by atoms with Crippen LogP contribution >= 0.6 is 0 Å². The molecular weight excluding hydrogens is 410 g/mol. The van der Waals surface area contributed by atoms with E-state index in [1.54, 1.807) is 53.2 Å². The van der Waals surface area contributed by atoms with Crippen LogP contribution in [-0.4, -0.2) is 33.5 Å². The standard InChI is InChI=1S/C24H19N3O5/c1-14-8-9-19(11-15(14)2)27-22(29)20(21(28)25-24(27)32)13-18-7-4-10-26(18)17-6-3-5-16(12-17)23(30)31/h3-13H,1-2H3,(H,30,31)(H,25,28,32)/b20-13+. The molecule has 8 nitrogen and oxygen atoms in total. The zero-order chi connectivity index (χ0) is 23.0. The topological polar surface area (TPSA) is 109 Å². The highest BCUT2D eigenvalue weighted by molar-refractivity contribution is 6.39. The van der Waals surface area contributed by atoms with Crippen molar-refractivity contribution in [3.8, 4) is 5.69 Å². The summed E-state index contributed by atoms with van der Waals surface area (Å²) in [5.41, 5.74) is 3.18. The number of imide groups is 2. The summed E-state index contributed by atoms with van der Waals surface area (Å²) >= 11 is 0. The third-order valence-electron chi connectivity index (χ3n) is 5.29. The number of rotatable bonds is 4. The number of hydrogen-bond acceptors (Lipinski definition) is 4. The van der Waals surface area contributed by atoms with Gasteiger partial charge in [-0.1, -0.05) is 12.1 Å². The molecule has 8 heteroatoms. The van der Waals surface area contributed by atoms with Crippen LogP contribution in [0, 0.1) is 13.8 Å². The average molecular weight is 429 g/mol. The summed E-state index contributed by atoms with van der Waals surface area (Å²) in [6.45, 7) is 3.78. The molecule has 1 aromatic heterocycles. The number of carboxylic acid groups (broad SMARTS) is 1. The predicted molar refractivity (Wildman–Crippen MR) is 118 cm³/mol. The van der Waals surface area contributed by atoms with E-state index < -0.39 is 23.8 Å². The number of carboxylic acids is 1. The minimum Gasteiger partial charge on any atom is -0.478 e. The number of barbiturate groups is 1. The monoisotopic (exact) mass is 429 g/mol. The summed E-state index contributed by atoms with van der Waals surface area (Å²) in [4.78, 5) is 50.3. The van der Waals surface area contributed by atoms with E-state index in [4.69, 9.17) is 0 Å². The van der Waals surface area contributed by atoms with Gasteiger partial charge in [0.15, 0.2) is 0 Å². The number of anilines is 1. The third kappa shape index (κ3) is 3.69. The quantitative estimate of drug-likeness (QED) is 0.488. The fourth-order valence-corrected chi connectivity index (χ4v) is 3.44. The van der Waals surface area contributed by atoms with E-state index in [-0.39, 0.29) is 11.1 Å². The lowest BCUT2D eigenvalue weighted by Crippen LogP contribution is -2.54. The van der Waals surface area contributed by atoms with Crippen molar-refractivity contribution in [1.29, 1.82) is 0 Å². The number of amides is 4. The number of nitrogens with one attached hydrogen (secondary N) is 1. The maximum absolute atomic E-state index is 13.1. The van der Waals surface area contributed by atoms with Crippen LogP contribution < -0.4 is 10.2 Å². The number of carbonyl (C=O) groups is 4. The predicted octanol–water partition coefficient (Wildman–Crippen LogP) is 3.46. The first-order valence-electron chi connectivity index (χ1n) is 9.76. The van der Waals surface area contributed by atoms with Crippen molar-refractivity contribution in [3.63, 3.8) is 0 Å². The summed E-state index contributed by atoms with van der Waals surface area (Å²) in [5.74, 6) is -2.61. The molecule has 0 saturated carbocycles. The van der Waals surface area contributed by atoms with E-state index in [2.05, 4.69) is 5.32 Å². The van der Waals surface area contributed by atoms with Gasteiger partial charge in [0.1, 0.15) is 5.57 Å². The number of aryl methyl sites for hydroxylation is 2.